The molecule has 1 atom stereocenters. The Morgan fingerprint density at radius 3 is 2.35 bits per heavy atom. The first-order valence-corrected chi connectivity index (χ1v) is 12.1. The van der Waals surface area contributed by atoms with E-state index in [0.717, 1.165) is 68.3 Å². The van der Waals surface area contributed by atoms with E-state index in [2.05, 4.69) is 28.9 Å². The molecular formula is C24H28Cl3N3O. The van der Waals surface area contributed by atoms with Crippen molar-refractivity contribution in [2.24, 2.45) is 0 Å². The lowest BCUT2D eigenvalue weighted by Crippen LogP contribution is -2.46. The van der Waals surface area contributed by atoms with Crippen molar-refractivity contribution in [1.29, 1.82) is 0 Å². The minimum atomic E-state index is -0.608. The number of carbonyl (C=O) groups is 1. The number of anilines is 2. The van der Waals surface area contributed by atoms with Crippen LogP contribution in [0.1, 0.15) is 38.2 Å². The molecule has 2 aliphatic rings. The van der Waals surface area contributed by atoms with Gasteiger partial charge in [-0.05, 0) is 62.2 Å². The van der Waals surface area contributed by atoms with E-state index in [1.807, 2.05) is 30.3 Å². The van der Waals surface area contributed by atoms with E-state index >= 15 is 0 Å². The van der Waals surface area contributed by atoms with E-state index in [1.165, 1.54) is 10.1 Å². The molecule has 7 heteroatoms. The molecule has 1 amide bonds. The second kappa shape index (κ2) is 9.58. The summed E-state index contributed by atoms with van der Waals surface area (Å²) >= 11 is 18.9. The predicted octanol–water partition coefficient (Wildman–Crippen LogP) is 6.13. The van der Waals surface area contributed by atoms with Crippen LogP contribution in [0.3, 0.4) is 0 Å². The molecule has 0 aliphatic carbocycles. The minimum absolute atomic E-state index is 0.0451. The van der Waals surface area contributed by atoms with Crippen LogP contribution in [-0.4, -0.2) is 43.5 Å². The van der Waals surface area contributed by atoms with Crippen molar-refractivity contribution in [2.45, 2.75) is 38.0 Å². The molecule has 2 aromatic rings. The smallest absolute Gasteiger partial charge is 0.252 e. The number of piperazine rings is 1. The van der Waals surface area contributed by atoms with Crippen LogP contribution in [0.15, 0.2) is 42.5 Å². The summed E-state index contributed by atoms with van der Waals surface area (Å²) in [5.74, 6) is -0.0451. The van der Waals surface area contributed by atoms with Gasteiger partial charge in [0.2, 0.25) is 0 Å². The van der Waals surface area contributed by atoms with Crippen LogP contribution >= 0.6 is 35.0 Å². The lowest BCUT2D eigenvalue weighted by Gasteiger charge is -2.36. The molecule has 0 saturated carbocycles. The molecule has 31 heavy (non-hydrogen) atoms. The third kappa shape index (κ3) is 4.41. The number of nitrogens with zero attached hydrogens (tertiary/aromatic N) is 3. The Morgan fingerprint density at radius 2 is 1.68 bits per heavy atom. The summed E-state index contributed by atoms with van der Waals surface area (Å²) in [6.07, 6.45) is 3.49. The molecule has 1 saturated heterocycles. The molecule has 1 unspecified atom stereocenters. The number of unbranched alkanes of at least 4 members (excludes halogenated alkanes) is 1. The van der Waals surface area contributed by atoms with Crippen LogP contribution in [0.2, 0.25) is 10.0 Å². The topological polar surface area (TPSA) is 26.8 Å². The Balaban J connectivity index is 1.30. The normalized spacial score (nSPS) is 21.6. The number of carbonyl (C=O) groups excluding carboxylic acids is 1. The molecule has 4 rings (SSSR count). The van der Waals surface area contributed by atoms with Gasteiger partial charge in [0.25, 0.3) is 5.91 Å². The fourth-order valence-electron chi connectivity index (χ4n) is 4.93. The van der Waals surface area contributed by atoms with Gasteiger partial charge in [0, 0.05) is 59.3 Å². The largest absolute Gasteiger partial charge is 0.369 e. The summed E-state index contributed by atoms with van der Waals surface area (Å²) in [6.45, 7) is 7.22. The van der Waals surface area contributed by atoms with Crippen molar-refractivity contribution in [2.75, 3.05) is 42.0 Å². The average Bonchev–Trinajstić information content (AvgIpc) is 3.01. The van der Waals surface area contributed by atoms with E-state index in [4.69, 9.17) is 35.0 Å². The molecule has 1 fully saturated rings. The van der Waals surface area contributed by atoms with Crippen LogP contribution in [0.4, 0.5) is 11.4 Å². The number of hydrogen-bond donors (Lipinski definition) is 0. The first-order valence-electron chi connectivity index (χ1n) is 11.0. The van der Waals surface area contributed by atoms with Crippen LogP contribution in [0, 0.1) is 0 Å². The second-order valence-corrected chi connectivity index (χ2v) is 9.60. The number of benzene rings is 2. The zero-order valence-electron chi connectivity index (χ0n) is 17.8. The molecule has 2 heterocycles. The van der Waals surface area contributed by atoms with E-state index in [9.17, 15) is 4.79 Å². The molecular weight excluding hydrogens is 453 g/mol. The zero-order chi connectivity index (χ0) is 22.0. The highest BCUT2D eigenvalue weighted by molar-refractivity contribution is 6.42. The highest BCUT2D eigenvalue weighted by Gasteiger charge is 2.50. The van der Waals surface area contributed by atoms with E-state index in [-0.39, 0.29) is 5.91 Å². The quantitative estimate of drug-likeness (QED) is 0.352. The number of hydrogen-bond acceptors (Lipinski definition) is 3. The molecule has 0 radical (unpaired) electrons. The maximum Gasteiger partial charge on any atom is 0.252 e. The third-order valence-corrected chi connectivity index (χ3v) is 7.67. The fourth-order valence-corrected chi connectivity index (χ4v) is 5.71. The summed E-state index contributed by atoms with van der Waals surface area (Å²) in [7, 11) is 0. The van der Waals surface area contributed by atoms with Gasteiger partial charge < -0.3 is 4.90 Å². The van der Waals surface area contributed by atoms with E-state index in [1.54, 1.807) is 0 Å². The van der Waals surface area contributed by atoms with Crippen molar-refractivity contribution in [3.63, 3.8) is 0 Å². The summed E-state index contributed by atoms with van der Waals surface area (Å²) in [4.78, 5) is 18.0. The van der Waals surface area contributed by atoms with Crippen LogP contribution in [0.5, 0.6) is 0 Å². The molecule has 4 nitrogen and oxygen atoms in total. The Morgan fingerprint density at radius 1 is 0.968 bits per heavy atom. The van der Waals surface area contributed by atoms with Crippen molar-refractivity contribution >= 4 is 52.3 Å². The molecule has 166 valence electrons. The second-order valence-electron chi connectivity index (χ2n) is 8.42. The third-order valence-electron chi connectivity index (χ3n) is 6.76. The van der Waals surface area contributed by atoms with Gasteiger partial charge in [-0.15, -0.1) is 0 Å². The maximum atomic E-state index is 13.1. The first-order chi connectivity index (χ1) is 15.0. The van der Waals surface area contributed by atoms with Gasteiger partial charge >= 0.3 is 0 Å². The minimum Gasteiger partial charge on any atom is -0.369 e. The standard InChI is InChI=1S/C24H28Cl3N3O/c1-2-24(22-20(26)6-5-7-21(22)30(27)23(24)31)12-3-4-13-28-14-16-29(17-15-28)19-10-8-18(25)9-11-19/h5-11H,2-4,12-17H2,1H3. The Kier molecular flexibility index (Phi) is 7.02. The predicted molar refractivity (Wildman–Crippen MR) is 131 cm³/mol. The summed E-state index contributed by atoms with van der Waals surface area (Å²) < 4.78 is 1.26. The van der Waals surface area contributed by atoms with Gasteiger partial charge in [0.15, 0.2) is 0 Å². The van der Waals surface area contributed by atoms with Gasteiger partial charge in [-0.25, -0.2) is 4.42 Å². The van der Waals surface area contributed by atoms with Crippen molar-refractivity contribution in [3.8, 4) is 0 Å². The van der Waals surface area contributed by atoms with Crippen molar-refractivity contribution in [3.05, 3.63) is 58.1 Å². The van der Waals surface area contributed by atoms with Crippen LogP contribution in [0.25, 0.3) is 0 Å². The Labute approximate surface area is 199 Å². The monoisotopic (exact) mass is 479 g/mol. The van der Waals surface area contributed by atoms with Gasteiger partial charge in [-0.1, -0.05) is 42.6 Å². The van der Waals surface area contributed by atoms with Crippen LogP contribution in [-0.2, 0) is 10.2 Å². The maximum absolute atomic E-state index is 13.1. The van der Waals surface area contributed by atoms with Crippen molar-refractivity contribution < 1.29 is 4.79 Å². The van der Waals surface area contributed by atoms with Crippen molar-refractivity contribution in [1.82, 2.24) is 4.90 Å². The number of fused-ring (bicyclic) bond motifs is 1. The lowest BCUT2D eigenvalue weighted by molar-refractivity contribution is -0.122. The molecule has 2 aliphatic heterocycles. The fraction of sp³-hybridized carbons (Fsp3) is 0.458. The molecule has 2 aromatic carbocycles. The average molecular weight is 481 g/mol. The molecule has 0 bridgehead atoms. The first kappa shape index (κ1) is 22.7. The lowest BCUT2D eigenvalue weighted by atomic mass is 9.75. The number of amides is 1. The molecule has 0 spiro atoms. The summed E-state index contributed by atoms with van der Waals surface area (Å²) in [5.41, 5.74) is 2.26. The van der Waals surface area contributed by atoms with Crippen LogP contribution < -0.4 is 9.32 Å². The summed E-state index contributed by atoms with van der Waals surface area (Å²) in [5, 5.41) is 1.41. The van der Waals surface area contributed by atoms with Gasteiger partial charge in [0.1, 0.15) is 0 Å². The molecule has 0 N–H and O–H groups in total. The van der Waals surface area contributed by atoms with E-state index in [0.29, 0.717) is 11.4 Å². The van der Waals surface area contributed by atoms with E-state index < -0.39 is 5.41 Å². The number of rotatable bonds is 7. The Hall–Kier alpha value is -1.46. The Bertz CT molecular complexity index is 928. The summed E-state index contributed by atoms with van der Waals surface area (Å²) in [6, 6.07) is 13.7. The number of halogens is 3. The molecule has 0 aromatic heterocycles. The highest BCUT2D eigenvalue weighted by atomic mass is 35.5. The highest BCUT2D eigenvalue weighted by Crippen LogP contribution is 2.50. The van der Waals surface area contributed by atoms with Gasteiger partial charge in [-0.3, -0.25) is 9.69 Å². The van der Waals surface area contributed by atoms with Gasteiger partial charge in [0.05, 0.1) is 11.1 Å². The zero-order valence-corrected chi connectivity index (χ0v) is 20.1. The van der Waals surface area contributed by atoms with Gasteiger partial charge in [-0.2, -0.15) is 0 Å². The SMILES string of the molecule is CCC1(CCCCN2CCN(c3ccc(Cl)cc3)CC2)C(=O)N(Cl)c2cccc(Cl)c21.